The molecule has 0 spiro atoms. The molecule has 0 amide bonds. The number of hydrogen-bond acceptors (Lipinski definition) is 2. The average Bonchev–Trinajstić information content (AvgIpc) is 2.27. The van der Waals surface area contributed by atoms with Gasteiger partial charge in [-0.25, -0.2) is 0 Å². The van der Waals surface area contributed by atoms with Crippen LogP contribution in [-0.2, 0) is 0 Å². The number of rotatable bonds is 9. The predicted octanol–water partition coefficient (Wildman–Crippen LogP) is 3.52. The van der Waals surface area contributed by atoms with Crippen molar-refractivity contribution in [2.75, 3.05) is 19.6 Å². The van der Waals surface area contributed by atoms with E-state index in [1.807, 2.05) is 0 Å². The van der Waals surface area contributed by atoms with Crippen LogP contribution in [0.25, 0.3) is 0 Å². The van der Waals surface area contributed by atoms with Crippen molar-refractivity contribution in [1.82, 2.24) is 10.2 Å². The normalized spacial score (nSPS) is 16.2. The lowest BCUT2D eigenvalue weighted by Crippen LogP contribution is -2.60. The van der Waals surface area contributed by atoms with Crippen molar-refractivity contribution in [1.29, 1.82) is 0 Å². The lowest BCUT2D eigenvalue weighted by molar-refractivity contribution is 0.0669. The Morgan fingerprint density at radius 2 is 1.59 bits per heavy atom. The van der Waals surface area contributed by atoms with Crippen LogP contribution in [0.5, 0.6) is 0 Å². The SMILES string of the molecule is CCCC(C)C(NCC)C(C)(C)N(CC)CC. The van der Waals surface area contributed by atoms with Crippen LogP contribution < -0.4 is 5.32 Å². The number of likely N-dealkylation sites (N-methyl/N-ethyl adjacent to an activating group) is 2. The van der Waals surface area contributed by atoms with Crippen molar-refractivity contribution in [3.63, 3.8) is 0 Å². The van der Waals surface area contributed by atoms with Gasteiger partial charge in [0, 0.05) is 11.6 Å². The molecule has 2 atom stereocenters. The van der Waals surface area contributed by atoms with Crippen molar-refractivity contribution in [2.45, 2.75) is 72.9 Å². The third-order valence-electron chi connectivity index (χ3n) is 4.08. The second kappa shape index (κ2) is 8.10. The van der Waals surface area contributed by atoms with Gasteiger partial charge in [0.05, 0.1) is 0 Å². The van der Waals surface area contributed by atoms with Gasteiger partial charge in [-0.2, -0.15) is 0 Å². The summed E-state index contributed by atoms with van der Waals surface area (Å²) in [5.41, 5.74) is 0.230. The highest BCUT2D eigenvalue weighted by Crippen LogP contribution is 2.26. The van der Waals surface area contributed by atoms with Crippen LogP contribution in [0.15, 0.2) is 0 Å². The van der Waals surface area contributed by atoms with E-state index in [4.69, 9.17) is 0 Å². The summed E-state index contributed by atoms with van der Waals surface area (Å²) >= 11 is 0. The van der Waals surface area contributed by atoms with E-state index in [0.717, 1.165) is 25.6 Å². The molecule has 0 aliphatic heterocycles. The third kappa shape index (κ3) is 4.59. The fourth-order valence-electron chi connectivity index (χ4n) is 3.22. The smallest absolute Gasteiger partial charge is 0.0308 e. The molecule has 0 saturated heterocycles. The van der Waals surface area contributed by atoms with Gasteiger partial charge in [0.25, 0.3) is 0 Å². The maximum atomic E-state index is 3.71. The molecule has 17 heavy (non-hydrogen) atoms. The van der Waals surface area contributed by atoms with Gasteiger partial charge in [0.15, 0.2) is 0 Å². The van der Waals surface area contributed by atoms with Gasteiger partial charge in [0.1, 0.15) is 0 Å². The van der Waals surface area contributed by atoms with Crippen molar-refractivity contribution in [2.24, 2.45) is 5.92 Å². The molecule has 2 unspecified atom stereocenters. The summed E-state index contributed by atoms with van der Waals surface area (Å²) in [4.78, 5) is 2.58. The van der Waals surface area contributed by atoms with Crippen molar-refractivity contribution in [3.8, 4) is 0 Å². The van der Waals surface area contributed by atoms with E-state index in [1.165, 1.54) is 12.8 Å². The molecule has 0 fully saturated rings. The fourth-order valence-corrected chi connectivity index (χ4v) is 3.22. The summed E-state index contributed by atoms with van der Waals surface area (Å²) in [7, 11) is 0. The molecule has 0 aromatic rings. The zero-order chi connectivity index (χ0) is 13.5. The van der Waals surface area contributed by atoms with E-state index in [0.29, 0.717) is 6.04 Å². The molecular weight excluding hydrogens is 208 g/mol. The van der Waals surface area contributed by atoms with E-state index in [1.54, 1.807) is 0 Å². The third-order valence-corrected chi connectivity index (χ3v) is 4.08. The summed E-state index contributed by atoms with van der Waals surface area (Å²) in [6, 6.07) is 0.576. The summed E-state index contributed by atoms with van der Waals surface area (Å²) in [6.45, 7) is 19.5. The molecule has 0 bridgehead atoms. The van der Waals surface area contributed by atoms with Crippen molar-refractivity contribution < 1.29 is 0 Å². The fraction of sp³-hybridized carbons (Fsp3) is 1.00. The van der Waals surface area contributed by atoms with Gasteiger partial charge in [-0.15, -0.1) is 0 Å². The maximum Gasteiger partial charge on any atom is 0.0308 e. The summed E-state index contributed by atoms with van der Waals surface area (Å²) in [5, 5.41) is 3.71. The number of hydrogen-bond donors (Lipinski definition) is 1. The Kier molecular flexibility index (Phi) is 8.06. The molecule has 0 heterocycles. The Balaban J connectivity index is 4.86. The van der Waals surface area contributed by atoms with Gasteiger partial charge in [-0.05, 0) is 45.8 Å². The maximum absolute atomic E-state index is 3.71. The Labute approximate surface area is 109 Å². The second-order valence-electron chi connectivity index (χ2n) is 5.63. The summed E-state index contributed by atoms with van der Waals surface area (Å²) < 4.78 is 0. The van der Waals surface area contributed by atoms with Crippen LogP contribution in [0.1, 0.15) is 61.3 Å². The van der Waals surface area contributed by atoms with Crippen LogP contribution >= 0.6 is 0 Å². The molecule has 0 saturated carbocycles. The molecule has 0 rings (SSSR count). The first-order valence-corrected chi connectivity index (χ1v) is 7.43. The Hall–Kier alpha value is -0.0800. The molecule has 0 aromatic heterocycles. The number of nitrogens with zero attached hydrogens (tertiary/aromatic N) is 1. The minimum Gasteiger partial charge on any atom is -0.312 e. The van der Waals surface area contributed by atoms with E-state index < -0.39 is 0 Å². The van der Waals surface area contributed by atoms with Gasteiger partial charge >= 0.3 is 0 Å². The van der Waals surface area contributed by atoms with Crippen LogP contribution in [0.2, 0.25) is 0 Å². The molecule has 0 aliphatic rings. The zero-order valence-electron chi connectivity index (χ0n) is 13.1. The zero-order valence-corrected chi connectivity index (χ0v) is 13.1. The average molecular weight is 242 g/mol. The van der Waals surface area contributed by atoms with Crippen LogP contribution in [-0.4, -0.2) is 36.1 Å². The molecule has 0 radical (unpaired) electrons. The van der Waals surface area contributed by atoms with Crippen molar-refractivity contribution >= 4 is 0 Å². The highest BCUT2D eigenvalue weighted by atomic mass is 15.2. The first kappa shape index (κ1) is 16.9. The summed E-state index contributed by atoms with van der Waals surface area (Å²) in [6.07, 6.45) is 2.58. The van der Waals surface area contributed by atoms with Crippen LogP contribution in [0.4, 0.5) is 0 Å². The Morgan fingerprint density at radius 3 is 1.94 bits per heavy atom. The minimum absolute atomic E-state index is 0.230. The molecule has 0 aliphatic carbocycles. The van der Waals surface area contributed by atoms with Gasteiger partial charge in [0.2, 0.25) is 0 Å². The van der Waals surface area contributed by atoms with Gasteiger partial charge in [-0.1, -0.05) is 41.0 Å². The molecule has 1 N–H and O–H groups in total. The molecular formula is C15H34N2. The van der Waals surface area contributed by atoms with Crippen LogP contribution in [0.3, 0.4) is 0 Å². The Morgan fingerprint density at radius 1 is 1.06 bits per heavy atom. The van der Waals surface area contributed by atoms with E-state index in [2.05, 4.69) is 58.7 Å². The van der Waals surface area contributed by atoms with Gasteiger partial charge in [-0.3, -0.25) is 4.90 Å². The number of nitrogens with one attached hydrogen (secondary N) is 1. The molecule has 2 nitrogen and oxygen atoms in total. The van der Waals surface area contributed by atoms with E-state index >= 15 is 0 Å². The lowest BCUT2D eigenvalue weighted by Gasteiger charge is -2.46. The van der Waals surface area contributed by atoms with Crippen LogP contribution in [0, 0.1) is 5.92 Å². The predicted molar refractivity (Wildman–Crippen MR) is 78.5 cm³/mol. The highest BCUT2D eigenvalue weighted by molar-refractivity contribution is 4.95. The quantitative estimate of drug-likeness (QED) is 0.665. The molecule has 2 heteroatoms. The standard InChI is InChI=1S/C15H34N2/c1-8-12-13(5)14(16-9-2)15(6,7)17(10-3)11-4/h13-14,16H,8-12H2,1-7H3. The lowest BCUT2D eigenvalue weighted by atomic mass is 9.81. The van der Waals surface area contributed by atoms with E-state index in [-0.39, 0.29) is 5.54 Å². The molecule has 104 valence electrons. The summed E-state index contributed by atoms with van der Waals surface area (Å²) in [5.74, 6) is 0.732. The first-order valence-electron chi connectivity index (χ1n) is 7.43. The van der Waals surface area contributed by atoms with E-state index in [9.17, 15) is 0 Å². The largest absolute Gasteiger partial charge is 0.312 e. The van der Waals surface area contributed by atoms with Gasteiger partial charge < -0.3 is 5.32 Å². The minimum atomic E-state index is 0.230. The van der Waals surface area contributed by atoms with Crippen molar-refractivity contribution in [3.05, 3.63) is 0 Å². The Bertz CT molecular complexity index is 185. The first-order chi connectivity index (χ1) is 7.95. The monoisotopic (exact) mass is 242 g/mol. The second-order valence-corrected chi connectivity index (χ2v) is 5.63. The highest BCUT2D eigenvalue weighted by Gasteiger charge is 2.36. The topological polar surface area (TPSA) is 15.3 Å². The molecule has 0 aromatic carbocycles.